The van der Waals surface area contributed by atoms with Gasteiger partial charge in [-0.3, -0.25) is 4.79 Å². The van der Waals surface area contributed by atoms with Crippen molar-refractivity contribution in [2.75, 3.05) is 19.6 Å². The summed E-state index contributed by atoms with van der Waals surface area (Å²) in [4.78, 5) is 12.0. The molecule has 2 fully saturated rings. The summed E-state index contributed by atoms with van der Waals surface area (Å²) in [5, 5.41) is 6.47. The number of fused-ring (bicyclic) bond motifs is 2. The van der Waals surface area contributed by atoms with Crippen LogP contribution in [0, 0.1) is 23.7 Å². The molecule has 2 aliphatic carbocycles. The predicted molar refractivity (Wildman–Crippen MR) is 62.8 cm³/mol. The summed E-state index contributed by atoms with van der Waals surface area (Å²) in [6, 6.07) is 0. The van der Waals surface area contributed by atoms with Gasteiger partial charge in [-0.25, -0.2) is 0 Å². The first kappa shape index (κ1) is 10.3. The fourth-order valence-corrected chi connectivity index (χ4v) is 3.35. The zero-order valence-corrected chi connectivity index (χ0v) is 9.61. The van der Waals surface area contributed by atoms with Gasteiger partial charge in [0.2, 0.25) is 5.91 Å². The summed E-state index contributed by atoms with van der Waals surface area (Å²) in [5.41, 5.74) is 0. The zero-order chi connectivity index (χ0) is 11.0. The quantitative estimate of drug-likeness (QED) is 0.695. The second-order valence-electron chi connectivity index (χ2n) is 5.49. The van der Waals surface area contributed by atoms with Crippen molar-refractivity contribution in [3.8, 4) is 0 Å². The molecule has 3 rings (SSSR count). The van der Waals surface area contributed by atoms with E-state index in [1.807, 2.05) is 0 Å². The van der Waals surface area contributed by atoms with E-state index in [1.165, 1.54) is 12.8 Å². The number of amides is 1. The van der Waals surface area contributed by atoms with Crippen LogP contribution in [0.2, 0.25) is 0 Å². The number of nitrogens with one attached hydrogen (secondary N) is 2. The molecule has 1 amide bonds. The maximum absolute atomic E-state index is 12.0. The van der Waals surface area contributed by atoms with E-state index in [0.717, 1.165) is 26.1 Å². The molecule has 2 N–H and O–H groups in total. The van der Waals surface area contributed by atoms with E-state index < -0.39 is 0 Å². The maximum Gasteiger partial charge on any atom is 0.223 e. The molecular weight excluding hydrogens is 200 g/mol. The number of hydrogen-bond acceptors (Lipinski definition) is 2. The van der Waals surface area contributed by atoms with Crippen LogP contribution in [-0.2, 0) is 4.79 Å². The van der Waals surface area contributed by atoms with E-state index in [9.17, 15) is 4.79 Å². The minimum atomic E-state index is 0.268. The second-order valence-corrected chi connectivity index (χ2v) is 5.49. The summed E-state index contributed by atoms with van der Waals surface area (Å²) in [6.45, 7) is 3.04. The van der Waals surface area contributed by atoms with Crippen LogP contribution in [-0.4, -0.2) is 25.5 Å². The Balaban J connectivity index is 1.48. The van der Waals surface area contributed by atoms with E-state index in [4.69, 9.17) is 0 Å². The van der Waals surface area contributed by atoms with Crippen LogP contribution in [0.5, 0.6) is 0 Å². The Bertz CT molecular complexity index is 307. The van der Waals surface area contributed by atoms with Crippen LogP contribution in [0.3, 0.4) is 0 Å². The van der Waals surface area contributed by atoms with Crippen molar-refractivity contribution in [2.24, 2.45) is 23.7 Å². The van der Waals surface area contributed by atoms with Crippen LogP contribution >= 0.6 is 0 Å². The molecule has 1 saturated heterocycles. The van der Waals surface area contributed by atoms with Crippen molar-refractivity contribution >= 4 is 5.91 Å². The van der Waals surface area contributed by atoms with E-state index >= 15 is 0 Å². The molecule has 16 heavy (non-hydrogen) atoms. The lowest BCUT2D eigenvalue weighted by molar-refractivity contribution is -0.125. The molecule has 0 aromatic carbocycles. The molecule has 3 nitrogen and oxygen atoms in total. The van der Waals surface area contributed by atoms with Crippen molar-refractivity contribution in [1.82, 2.24) is 10.6 Å². The number of rotatable bonds is 3. The Morgan fingerprint density at radius 3 is 2.94 bits per heavy atom. The lowest BCUT2D eigenvalue weighted by Crippen LogP contribution is -2.36. The maximum atomic E-state index is 12.0. The number of carbonyl (C=O) groups is 1. The number of carbonyl (C=O) groups excluding carboxylic acids is 1. The molecule has 4 unspecified atom stereocenters. The lowest BCUT2D eigenvalue weighted by atomic mass is 9.92. The highest BCUT2D eigenvalue weighted by Crippen LogP contribution is 2.43. The third-order valence-corrected chi connectivity index (χ3v) is 4.34. The highest BCUT2D eigenvalue weighted by atomic mass is 16.1. The van der Waals surface area contributed by atoms with Crippen molar-refractivity contribution in [1.29, 1.82) is 0 Å². The molecule has 0 aromatic heterocycles. The number of allylic oxidation sites excluding steroid dienone is 2. The first-order valence-electron chi connectivity index (χ1n) is 6.49. The van der Waals surface area contributed by atoms with E-state index in [0.29, 0.717) is 23.7 Å². The zero-order valence-electron chi connectivity index (χ0n) is 9.61. The second kappa shape index (κ2) is 4.21. The van der Waals surface area contributed by atoms with E-state index in [-0.39, 0.29) is 5.92 Å². The molecule has 1 saturated carbocycles. The summed E-state index contributed by atoms with van der Waals surface area (Å²) in [5.74, 6) is 2.44. The Morgan fingerprint density at radius 2 is 2.31 bits per heavy atom. The van der Waals surface area contributed by atoms with Crippen molar-refractivity contribution in [3.63, 3.8) is 0 Å². The Hall–Kier alpha value is -0.830. The van der Waals surface area contributed by atoms with Crippen LogP contribution in [0.15, 0.2) is 12.2 Å². The van der Waals surface area contributed by atoms with Gasteiger partial charge in [0.05, 0.1) is 0 Å². The van der Waals surface area contributed by atoms with Crippen LogP contribution in [0.25, 0.3) is 0 Å². The molecule has 0 radical (unpaired) electrons. The standard InChI is InChI=1S/C13H20N2O/c16-13(15-8-10-3-4-14-7-10)12-6-9-1-2-11(12)5-9/h1-2,9-12,14H,3-8H2,(H,15,16). The van der Waals surface area contributed by atoms with Gasteiger partial charge in [0.15, 0.2) is 0 Å². The minimum absolute atomic E-state index is 0.268. The predicted octanol–water partition coefficient (Wildman–Crippen LogP) is 0.924. The average molecular weight is 220 g/mol. The van der Waals surface area contributed by atoms with Crippen LogP contribution in [0.4, 0.5) is 0 Å². The van der Waals surface area contributed by atoms with Gasteiger partial charge in [-0.2, -0.15) is 0 Å². The van der Waals surface area contributed by atoms with Gasteiger partial charge >= 0.3 is 0 Å². The van der Waals surface area contributed by atoms with Crippen molar-refractivity contribution < 1.29 is 4.79 Å². The third-order valence-electron chi connectivity index (χ3n) is 4.34. The smallest absolute Gasteiger partial charge is 0.223 e. The SMILES string of the molecule is O=C(NCC1CCNC1)C1CC2C=CC1C2. The van der Waals surface area contributed by atoms with Crippen molar-refractivity contribution in [2.45, 2.75) is 19.3 Å². The average Bonchev–Trinajstić information content (AvgIpc) is 3.01. The summed E-state index contributed by atoms with van der Waals surface area (Å²) in [6.07, 6.45) is 8.03. The molecule has 3 aliphatic rings. The molecule has 0 spiro atoms. The van der Waals surface area contributed by atoms with Gasteiger partial charge in [-0.1, -0.05) is 12.2 Å². The minimum Gasteiger partial charge on any atom is -0.356 e. The molecule has 4 atom stereocenters. The summed E-state index contributed by atoms with van der Waals surface area (Å²) in [7, 11) is 0. The van der Waals surface area contributed by atoms with Gasteiger partial charge < -0.3 is 10.6 Å². The Labute approximate surface area is 96.7 Å². The number of hydrogen-bond donors (Lipinski definition) is 2. The fourth-order valence-electron chi connectivity index (χ4n) is 3.35. The first-order chi connectivity index (χ1) is 7.83. The Morgan fingerprint density at radius 1 is 1.38 bits per heavy atom. The largest absolute Gasteiger partial charge is 0.356 e. The summed E-state index contributed by atoms with van der Waals surface area (Å²) >= 11 is 0. The summed E-state index contributed by atoms with van der Waals surface area (Å²) < 4.78 is 0. The molecule has 88 valence electrons. The normalized spacial score (nSPS) is 40.5. The third kappa shape index (κ3) is 1.88. The lowest BCUT2D eigenvalue weighted by Gasteiger charge is -2.18. The van der Waals surface area contributed by atoms with Gasteiger partial charge in [-0.05, 0) is 50.1 Å². The van der Waals surface area contributed by atoms with E-state index in [1.54, 1.807) is 0 Å². The van der Waals surface area contributed by atoms with Gasteiger partial charge in [0.25, 0.3) is 0 Å². The molecule has 1 aliphatic heterocycles. The molecule has 1 heterocycles. The van der Waals surface area contributed by atoms with Gasteiger partial charge in [0.1, 0.15) is 0 Å². The van der Waals surface area contributed by atoms with E-state index in [2.05, 4.69) is 22.8 Å². The highest BCUT2D eigenvalue weighted by Gasteiger charge is 2.39. The highest BCUT2D eigenvalue weighted by molar-refractivity contribution is 5.79. The van der Waals surface area contributed by atoms with Gasteiger partial charge in [-0.15, -0.1) is 0 Å². The van der Waals surface area contributed by atoms with Gasteiger partial charge in [0, 0.05) is 12.5 Å². The molecule has 3 heteroatoms. The van der Waals surface area contributed by atoms with Crippen LogP contribution < -0.4 is 10.6 Å². The monoisotopic (exact) mass is 220 g/mol. The topological polar surface area (TPSA) is 41.1 Å². The molecule has 2 bridgehead atoms. The fraction of sp³-hybridized carbons (Fsp3) is 0.769. The van der Waals surface area contributed by atoms with Crippen molar-refractivity contribution in [3.05, 3.63) is 12.2 Å². The first-order valence-corrected chi connectivity index (χ1v) is 6.49. The van der Waals surface area contributed by atoms with Crippen LogP contribution in [0.1, 0.15) is 19.3 Å². The Kier molecular flexibility index (Phi) is 2.72. The molecule has 0 aromatic rings. The molecular formula is C13H20N2O.